The van der Waals surface area contributed by atoms with Crippen LogP contribution in [0.2, 0.25) is 5.02 Å². The highest BCUT2D eigenvalue weighted by Crippen LogP contribution is 2.34. The van der Waals surface area contributed by atoms with E-state index in [0.717, 1.165) is 5.56 Å². The molecule has 1 unspecified atom stereocenters. The zero-order chi connectivity index (χ0) is 19.2. The Bertz CT molecular complexity index is 782. The fourth-order valence-electron chi connectivity index (χ4n) is 2.38. The van der Waals surface area contributed by atoms with E-state index in [-0.39, 0.29) is 26.3 Å². The Hall–Kier alpha value is -2.11. The van der Waals surface area contributed by atoms with E-state index in [1.165, 1.54) is 16.2 Å². The molecular formula is C18H20ClN3O3S. The number of aliphatic hydroxyl groups excluding tert-OH is 2. The second-order valence-electron chi connectivity index (χ2n) is 5.68. The first kappa shape index (κ1) is 20.2. The summed E-state index contributed by atoms with van der Waals surface area (Å²) in [6, 6.07) is 6.79. The fraction of sp³-hybridized carbons (Fsp3) is 0.333. The summed E-state index contributed by atoms with van der Waals surface area (Å²) < 4.78 is 0. The predicted octanol–water partition coefficient (Wildman–Crippen LogP) is 2.55. The highest BCUT2D eigenvalue weighted by molar-refractivity contribution is 7.14. The Morgan fingerprint density at radius 2 is 1.96 bits per heavy atom. The average molecular weight is 394 g/mol. The number of aliphatic hydroxyl groups is 2. The zero-order valence-electron chi connectivity index (χ0n) is 14.3. The Balaban J connectivity index is 2.21. The number of rotatable bonds is 7. The lowest BCUT2D eigenvalue weighted by molar-refractivity contribution is 0.167. The lowest BCUT2D eigenvalue weighted by atomic mass is 9.81. The number of nitrogens with zero attached hydrogens (tertiary/aromatic N) is 2. The second kappa shape index (κ2) is 9.01. The van der Waals surface area contributed by atoms with E-state index in [9.17, 15) is 4.79 Å². The smallest absolute Gasteiger partial charge is 0.323 e. The number of halogens is 1. The molecule has 1 aromatic carbocycles. The van der Waals surface area contributed by atoms with Crippen LogP contribution in [-0.4, -0.2) is 52.4 Å². The largest absolute Gasteiger partial charge is 0.395 e. The monoisotopic (exact) mass is 393 g/mol. The van der Waals surface area contributed by atoms with Gasteiger partial charge in [-0.3, -0.25) is 5.32 Å². The third kappa shape index (κ3) is 4.54. The summed E-state index contributed by atoms with van der Waals surface area (Å²) in [6.07, 6.45) is 5.78. The van der Waals surface area contributed by atoms with Crippen LogP contribution in [0.25, 0.3) is 0 Å². The van der Waals surface area contributed by atoms with Crippen molar-refractivity contribution in [3.05, 3.63) is 45.9 Å². The molecule has 6 nitrogen and oxygen atoms in total. The molecule has 2 amide bonds. The SMILES string of the molecule is C#CC(C)(c1ccc(Cl)cc1)c1csc(NC(=O)N(CCO)CCO)n1. The molecule has 0 aliphatic carbocycles. The van der Waals surface area contributed by atoms with E-state index in [4.69, 9.17) is 28.2 Å². The number of benzene rings is 1. The molecule has 0 saturated carbocycles. The molecule has 0 spiro atoms. The van der Waals surface area contributed by atoms with E-state index < -0.39 is 11.4 Å². The molecule has 0 radical (unpaired) electrons. The summed E-state index contributed by atoms with van der Waals surface area (Å²) in [5.41, 5.74) is 0.744. The molecule has 1 aromatic heterocycles. The van der Waals surface area contributed by atoms with Gasteiger partial charge in [0.05, 0.1) is 24.3 Å². The third-order valence-corrected chi connectivity index (χ3v) is 4.98. The van der Waals surface area contributed by atoms with Crippen molar-refractivity contribution in [1.82, 2.24) is 9.88 Å². The van der Waals surface area contributed by atoms with Crippen molar-refractivity contribution in [1.29, 1.82) is 0 Å². The molecule has 0 saturated heterocycles. The minimum absolute atomic E-state index is 0.122. The van der Waals surface area contributed by atoms with Gasteiger partial charge in [-0.1, -0.05) is 29.7 Å². The Morgan fingerprint density at radius 1 is 1.35 bits per heavy atom. The van der Waals surface area contributed by atoms with Gasteiger partial charge in [0.15, 0.2) is 5.13 Å². The summed E-state index contributed by atoms with van der Waals surface area (Å²) in [4.78, 5) is 18.0. The van der Waals surface area contributed by atoms with Gasteiger partial charge in [0.25, 0.3) is 0 Å². The summed E-state index contributed by atoms with van der Waals surface area (Å²) in [5.74, 6) is 2.77. The summed E-state index contributed by atoms with van der Waals surface area (Å²) in [5, 5.41) is 23.5. The minimum atomic E-state index is -0.764. The van der Waals surface area contributed by atoms with Gasteiger partial charge in [-0.2, -0.15) is 0 Å². The van der Waals surface area contributed by atoms with Gasteiger partial charge >= 0.3 is 6.03 Å². The lowest BCUT2D eigenvalue weighted by Crippen LogP contribution is -2.39. The molecule has 1 heterocycles. The van der Waals surface area contributed by atoms with Crippen LogP contribution in [0, 0.1) is 12.3 Å². The van der Waals surface area contributed by atoms with Crippen molar-refractivity contribution in [2.45, 2.75) is 12.3 Å². The number of terminal acetylenes is 1. The lowest BCUT2D eigenvalue weighted by Gasteiger charge is -2.22. The number of nitrogens with one attached hydrogen (secondary N) is 1. The standard InChI is InChI=1S/C18H20ClN3O3S/c1-3-18(2,13-4-6-14(19)7-5-13)15-12-26-16(20-15)21-17(25)22(8-10-23)9-11-24/h1,4-7,12,23-24H,8-11H2,2H3,(H,20,21,25). The maximum atomic E-state index is 12.2. The average Bonchev–Trinajstić information content (AvgIpc) is 3.10. The molecule has 0 bridgehead atoms. The summed E-state index contributed by atoms with van der Waals surface area (Å²) in [6.45, 7) is 1.74. The van der Waals surface area contributed by atoms with Crippen molar-refractivity contribution in [3.8, 4) is 12.3 Å². The van der Waals surface area contributed by atoms with Gasteiger partial charge in [0.1, 0.15) is 0 Å². The van der Waals surface area contributed by atoms with Gasteiger partial charge in [-0.15, -0.1) is 17.8 Å². The van der Waals surface area contributed by atoms with E-state index in [1.54, 1.807) is 17.5 Å². The van der Waals surface area contributed by atoms with Crippen LogP contribution in [0.1, 0.15) is 18.2 Å². The van der Waals surface area contributed by atoms with E-state index in [0.29, 0.717) is 15.8 Å². The van der Waals surface area contributed by atoms with Crippen LogP contribution in [-0.2, 0) is 5.41 Å². The van der Waals surface area contributed by atoms with Crippen LogP contribution in [0.5, 0.6) is 0 Å². The number of urea groups is 1. The first-order valence-corrected chi connectivity index (χ1v) is 9.17. The number of amides is 2. The van der Waals surface area contributed by atoms with Gasteiger partial charge in [-0.25, -0.2) is 9.78 Å². The number of anilines is 1. The number of carbonyl (C=O) groups is 1. The zero-order valence-corrected chi connectivity index (χ0v) is 15.8. The highest BCUT2D eigenvalue weighted by Gasteiger charge is 2.29. The fourth-order valence-corrected chi connectivity index (χ4v) is 3.31. The molecule has 1 atom stereocenters. The molecule has 0 fully saturated rings. The predicted molar refractivity (Wildman–Crippen MR) is 104 cm³/mol. The van der Waals surface area contributed by atoms with Crippen molar-refractivity contribution >= 4 is 34.1 Å². The van der Waals surface area contributed by atoms with Crippen LogP contribution in [0.15, 0.2) is 29.6 Å². The first-order chi connectivity index (χ1) is 12.4. The quantitative estimate of drug-likeness (QED) is 0.631. The van der Waals surface area contributed by atoms with E-state index in [2.05, 4.69) is 16.2 Å². The third-order valence-electron chi connectivity index (χ3n) is 3.97. The molecule has 3 N–H and O–H groups in total. The molecule has 8 heteroatoms. The minimum Gasteiger partial charge on any atom is -0.395 e. The molecular weight excluding hydrogens is 374 g/mol. The topological polar surface area (TPSA) is 85.7 Å². The first-order valence-electron chi connectivity index (χ1n) is 7.92. The van der Waals surface area contributed by atoms with Crippen molar-refractivity contribution in [2.75, 3.05) is 31.6 Å². The molecule has 26 heavy (non-hydrogen) atoms. The normalized spacial score (nSPS) is 12.9. The second-order valence-corrected chi connectivity index (χ2v) is 6.97. The number of hydrogen-bond acceptors (Lipinski definition) is 5. The van der Waals surface area contributed by atoms with Gasteiger partial charge in [0, 0.05) is 23.5 Å². The molecule has 2 aromatic rings. The molecule has 0 aliphatic rings. The van der Waals surface area contributed by atoms with Crippen molar-refractivity contribution in [2.24, 2.45) is 0 Å². The van der Waals surface area contributed by atoms with Gasteiger partial charge in [-0.05, 0) is 24.6 Å². The highest BCUT2D eigenvalue weighted by atomic mass is 35.5. The summed E-state index contributed by atoms with van der Waals surface area (Å²) in [7, 11) is 0. The summed E-state index contributed by atoms with van der Waals surface area (Å²) >= 11 is 7.20. The molecule has 2 rings (SSSR count). The van der Waals surface area contributed by atoms with Crippen LogP contribution < -0.4 is 5.32 Å². The van der Waals surface area contributed by atoms with Crippen LogP contribution >= 0.6 is 22.9 Å². The van der Waals surface area contributed by atoms with Crippen LogP contribution in [0.4, 0.5) is 9.93 Å². The van der Waals surface area contributed by atoms with E-state index in [1.807, 2.05) is 19.1 Å². The number of thiazole rings is 1. The number of carbonyl (C=O) groups excluding carboxylic acids is 1. The van der Waals surface area contributed by atoms with Crippen molar-refractivity contribution in [3.63, 3.8) is 0 Å². The maximum absolute atomic E-state index is 12.2. The molecule has 0 aliphatic heterocycles. The Morgan fingerprint density at radius 3 is 2.50 bits per heavy atom. The maximum Gasteiger partial charge on any atom is 0.323 e. The number of hydrogen-bond donors (Lipinski definition) is 3. The number of aromatic nitrogens is 1. The molecule has 138 valence electrons. The Kier molecular flexibility index (Phi) is 7.00. The van der Waals surface area contributed by atoms with Gasteiger partial charge < -0.3 is 15.1 Å². The van der Waals surface area contributed by atoms with Crippen LogP contribution in [0.3, 0.4) is 0 Å². The van der Waals surface area contributed by atoms with Gasteiger partial charge in [0.2, 0.25) is 0 Å². The van der Waals surface area contributed by atoms with E-state index >= 15 is 0 Å². The Labute approximate surface area is 161 Å². The van der Waals surface area contributed by atoms with Crippen molar-refractivity contribution < 1.29 is 15.0 Å².